The van der Waals surface area contributed by atoms with Crippen LogP contribution in [0.15, 0.2) is 33.5 Å². The molecule has 4 nitrogen and oxygen atoms in total. The molecule has 0 amide bonds. The first kappa shape index (κ1) is 9.73. The summed E-state index contributed by atoms with van der Waals surface area (Å²) in [6.07, 6.45) is 3.37. The van der Waals surface area contributed by atoms with Crippen molar-refractivity contribution in [2.75, 3.05) is 0 Å². The summed E-state index contributed by atoms with van der Waals surface area (Å²) in [5.41, 5.74) is 0.949. The van der Waals surface area contributed by atoms with Crippen LogP contribution in [0.5, 0.6) is 0 Å². The summed E-state index contributed by atoms with van der Waals surface area (Å²) in [5, 5.41) is 6.48. The largest absolute Gasteiger partial charge is 0.434 e. The molecule has 0 fully saturated rings. The Bertz CT molecular complexity index is 525. The monoisotopic (exact) mass is 222 g/mol. The first-order chi connectivity index (χ1) is 7.24. The van der Waals surface area contributed by atoms with Crippen LogP contribution in [0, 0.1) is 0 Å². The number of halogens is 1. The summed E-state index contributed by atoms with van der Waals surface area (Å²) in [5.74, 6) is -0.319. The van der Waals surface area contributed by atoms with E-state index in [9.17, 15) is 4.79 Å². The second-order valence-corrected chi connectivity index (χ2v) is 3.27. The quantitative estimate of drug-likeness (QED) is 0.847. The molecule has 76 valence electrons. The second kappa shape index (κ2) is 4.14. The highest BCUT2D eigenvalue weighted by atomic mass is 35.5. The standard InChI is InChI=1S/C10H7ClN2O2/c11-8-4-1-7(2-5-8)3-6-9-12-13-10(14)15-9/h1-6H,(H,13,14). The molecule has 0 aliphatic rings. The Labute approximate surface area is 90.2 Å². The van der Waals surface area contributed by atoms with Gasteiger partial charge in [-0.05, 0) is 23.8 Å². The molecule has 15 heavy (non-hydrogen) atoms. The van der Waals surface area contributed by atoms with Crippen LogP contribution in [0.3, 0.4) is 0 Å². The van der Waals surface area contributed by atoms with E-state index in [1.54, 1.807) is 24.3 Å². The van der Waals surface area contributed by atoms with Crippen molar-refractivity contribution in [2.24, 2.45) is 0 Å². The van der Waals surface area contributed by atoms with Crippen molar-refractivity contribution in [2.45, 2.75) is 0 Å². The van der Waals surface area contributed by atoms with Crippen molar-refractivity contribution in [1.82, 2.24) is 10.2 Å². The zero-order chi connectivity index (χ0) is 10.7. The highest BCUT2D eigenvalue weighted by Crippen LogP contribution is 2.11. The van der Waals surface area contributed by atoms with Gasteiger partial charge in [-0.15, -0.1) is 5.10 Å². The first-order valence-corrected chi connectivity index (χ1v) is 4.61. The number of aromatic amines is 1. The van der Waals surface area contributed by atoms with Crippen LogP contribution in [0.1, 0.15) is 11.5 Å². The lowest BCUT2D eigenvalue weighted by molar-refractivity contribution is 0.504. The Kier molecular flexibility index (Phi) is 2.69. The third-order valence-corrected chi connectivity index (χ3v) is 1.99. The number of hydrogen-bond donors (Lipinski definition) is 1. The molecule has 2 aromatic rings. The molecule has 0 bridgehead atoms. The van der Waals surface area contributed by atoms with Crippen molar-refractivity contribution in [3.05, 3.63) is 51.3 Å². The van der Waals surface area contributed by atoms with E-state index in [0.717, 1.165) is 5.56 Å². The minimum atomic E-state index is -0.564. The number of rotatable bonds is 2. The van der Waals surface area contributed by atoms with Gasteiger partial charge in [0.1, 0.15) is 0 Å². The fourth-order valence-corrected chi connectivity index (χ4v) is 1.18. The molecule has 0 unspecified atom stereocenters. The van der Waals surface area contributed by atoms with Gasteiger partial charge in [0.25, 0.3) is 0 Å². The minimum absolute atomic E-state index is 0.245. The zero-order valence-corrected chi connectivity index (χ0v) is 8.36. The van der Waals surface area contributed by atoms with E-state index in [0.29, 0.717) is 5.02 Å². The number of H-pyrrole nitrogens is 1. The van der Waals surface area contributed by atoms with Crippen LogP contribution < -0.4 is 5.76 Å². The SMILES string of the molecule is O=c1[nH]nc(C=Cc2ccc(Cl)cc2)o1. The summed E-state index contributed by atoms with van der Waals surface area (Å²) in [7, 11) is 0. The zero-order valence-electron chi connectivity index (χ0n) is 7.61. The average Bonchev–Trinajstić information content (AvgIpc) is 2.64. The third kappa shape index (κ3) is 2.57. The average molecular weight is 223 g/mol. The maximum Gasteiger partial charge on any atom is 0.434 e. The lowest BCUT2D eigenvalue weighted by atomic mass is 10.2. The topological polar surface area (TPSA) is 58.9 Å². The van der Waals surface area contributed by atoms with E-state index in [-0.39, 0.29) is 5.89 Å². The molecule has 0 aliphatic carbocycles. The molecule has 0 spiro atoms. The van der Waals surface area contributed by atoms with Crippen LogP contribution >= 0.6 is 11.6 Å². The Morgan fingerprint density at radius 2 is 2.00 bits per heavy atom. The molecule has 0 radical (unpaired) electrons. The van der Waals surface area contributed by atoms with Crippen LogP contribution in [0.25, 0.3) is 12.2 Å². The number of nitrogens with zero attached hydrogens (tertiary/aromatic N) is 1. The Balaban J connectivity index is 2.18. The van der Waals surface area contributed by atoms with E-state index in [4.69, 9.17) is 16.0 Å². The molecule has 1 heterocycles. The number of aromatic nitrogens is 2. The van der Waals surface area contributed by atoms with Gasteiger partial charge in [-0.3, -0.25) is 0 Å². The number of nitrogens with one attached hydrogen (secondary N) is 1. The van der Waals surface area contributed by atoms with Crippen molar-refractivity contribution in [3.63, 3.8) is 0 Å². The van der Waals surface area contributed by atoms with Gasteiger partial charge >= 0.3 is 5.76 Å². The smallest absolute Gasteiger partial charge is 0.388 e. The van der Waals surface area contributed by atoms with Crippen LogP contribution in [-0.4, -0.2) is 10.2 Å². The first-order valence-electron chi connectivity index (χ1n) is 4.23. The fourth-order valence-electron chi connectivity index (χ4n) is 1.05. The van der Waals surface area contributed by atoms with Crippen molar-refractivity contribution < 1.29 is 4.42 Å². The summed E-state index contributed by atoms with van der Waals surface area (Å²) >= 11 is 5.73. The summed E-state index contributed by atoms with van der Waals surface area (Å²) < 4.78 is 4.69. The highest BCUT2D eigenvalue weighted by Gasteiger charge is 1.94. The number of hydrogen-bond acceptors (Lipinski definition) is 3. The van der Waals surface area contributed by atoms with Gasteiger partial charge in [0, 0.05) is 11.1 Å². The molecule has 0 atom stereocenters. The van der Waals surface area contributed by atoms with Crippen LogP contribution in [0.2, 0.25) is 5.02 Å². The molecule has 0 saturated carbocycles. The maximum absolute atomic E-state index is 10.6. The normalized spacial score (nSPS) is 11.0. The lowest BCUT2D eigenvalue weighted by Crippen LogP contribution is -1.93. The maximum atomic E-state index is 10.6. The fraction of sp³-hybridized carbons (Fsp3) is 0. The number of benzene rings is 1. The van der Waals surface area contributed by atoms with Crippen molar-refractivity contribution >= 4 is 23.8 Å². The highest BCUT2D eigenvalue weighted by molar-refractivity contribution is 6.30. The molecule has 1 N–H and O–H groups in total. The van der Waals surface area contributed by atoms with Gasteiger partial charge in [0.15, 0.2) is 0 Å². The second-order valence-electron chi connectivity index (χ2n) is 2.84. The molecule has 1 aromatic carbocycles. The Morgan fingerprint density at radius 1 is 1.27 bits per heavy atom. The molecular weight excluding hydrogens is 216 g/mol. The van der Waals surface area contributed by atoms with E-state index in [1.807, 2.05) is 12.1 Å². The Morgan fingerprint density at radius 3 is 2.60 bits per heavy atom. The van der Waals surface area contributed by atoms with Crippen molar-refractivity contribution in [1.29, 1.82) is 0 Å². The predicted octanol–water partition coefficient (Wildman–Crippen LogP) is 2.19. The molecule has 5 heteroatoms. The van der Waals surface area contributed by atoms with Gasteiger partial charge in [0.05, 0.1) is 0 Å². The summed E-state index contributed by atoms with van der Waals surface area (Å²) in [6.45, 7) is 0. The summed E-state index contributed by atoms with van der Waals surface area (Å²) in [6, 6.07) is 7.26. The predicted molar refractivity (Wildman–Crippen MR) is 57.5 cm³/mol. The van der Waals surface area contributed by atoms with Crippen LogP contribution in [-0.2, 0) is 0 Å². The van der Waals surface area contributed by atoms with E-state index in [1.165, 1.54) is 0 Å². The van der Waals surface area contributed by atoms with Gasteiger partial charge in [-0.25, -0.2) is 9.89 Å². The van der Waals surface area contributed by atoms with Gasteiger partial charge < -0.3 is 4.42 Å². The lowest BCUT2D eigenvalue weighted by Gasteiger charge is -1.91. The van der Waals surface area contributed by atoms with Gasteiger partial charge in [-0.1, -0.05) is 23.7 Å². The minimum Gasteiger partial charge on any atom is -0.388 e. The van der Waals surface area contributed by atoms with E-state index >= 15 is 0 Å². The van der Waals surface area contributed by atoms with Gasteiger partial charge in [0.2, 0.25) is 5.89 Å². The van der Waals surface area contributed by atoms with Crippen molar-refractivity contribution in [3.8, 4) is 0 Å². The third-order valence-electron chi connectivity index (χ3n) is 1.74. The van der Waals surface area contributed by atoms with Gasteiger partial charge in [-0.2, -0.15) is 0 Å². The molecule has 1 aromatic heterocycles. The van der Waals surface area contributed by atoms with E-state index in [2.05, 4.69) is 10.2 Å². The Hall–Kier alpha value is -1.81. The molecule has 0 aliphatic heterocycles. The van der Waals surface area contributed by atoms with Crippen LogP contribution in [0.4, 0.5) is 0 Å². The van der Waals surface area contributed by atoms with E-state index < -0.39 is 5.76 Å². The molecule has 2 rings (SSSR count). The molecular formula is C10H7ClN2O2. The summed E-state index contributed by atoms with van der Waals surface area (Å²) in [4.78, 5) is 10.6. The molecule has 0 saturated heterocycles.